The lowest BCUT2D eigenvalue weighted by Gasteiger charge is -2.36. The first-order chi connectivity index (χ1) is 10.0. The van der Waals surface area contributed by atoms with Gasteiger partial charge in [0, 0.05) is 12.7 Å². The molecule has 1 aliphatic rings. The highest BCUT2D eigenvalue weighted by Crippen LogP contribution is 2.16. The lowest BCUT2D eigenvalue weighted by molar-refractivity contribution is -0.0822. The fourth-order valence-electron chi connectivity index (χ4n) is 2.18. The van der Waals surface area contributed by atoms with Gasteiger partial charge in [-0.05, 0) is 19.1 Å². The maximum Gasteiger partial charge on any atom is 0.356 e. The highest BCUT2D eigenvalue weighted by atomic mass is 16.5. The highest BCUT2D eigenvalue weighted by Gasteiger charge is 2.28. The number of urea groups is 1. The number of morpholine rings is 1. The molecule has 1 aromatic rings. The van der Waals surface area contributed by atoms with Crippen LogP contribution in [0.3, 0.4) is 0 Å². The smallest absolute Gasteiger partial charge is 0.356 e. The summed E-state index contributed by atoms with van der Waals surface area (Å²) in [6, 6.07) is 2.57. The number of aromatic nitrogens is 1. The van der Waals surface area contributed by atoms with E-state index in [4.69, 9.17) is 14.9 Å². The zero-order valence-electron chi connectivity index (χ0n) is 11.5. The number of rotatable bonds is 3. The molecule has 0 bridgehead atoms. The van der Waals surface area contributed by atoms with E-state index in [2.05, 4.69) is 10.3 Å². The molecule has 0 aromatic carbocycles. The zero-order valence-corrected chi connectivity index (χ0v) is 11.5. The van der Waals surface area contributed by atoms with Crippen molar-refractivity contribution in [1.82, 2.24) is 9.88 Å². The minimum atomic E-state index is -1.21. The van der Waals surface area contributed by atoms with Crippen LogP contribution in [0.25, 0.3) is 0 Å². The molecule has 8 nitrogen and oxygen atoms in total. The number of carbonyl (C=O) groups excluding carboxylic acids is 1. The van der Waals surface area contributed by atoms with E-state index < -0.39 is 18.1 Å². The third kappa shape index (κ3) is 3.67. The summed E-state index contributed by atoms with van der Waals surface area (Å²) in [5, 5.41) is 20.7. The molecule has 0 saturated carbocycles. The van der Waals surface area contributed by atoms with Crippen molar-refractivity contribution in [3.05, 3.63) is 24.0 Å². The van der Waals surface area contributed by atoms with Crippen LogP contribution in [0.4, 0.5) is 10.5 Å². The van der Waals surface area contributed by atoms with Gasteiger partial charge in [-0.25, -0.2) is 14.6 Å². The molecule has 2 atom stereocenters. The van der Waals surface area contributed by atoms with Crippen LogP contribution in [0, 0.1) is 0 Å². The van der Waals surface area contributed by atoms with Gasteiger partial charge in [0.2, 0.25) is 0 Å². The number of aliphatic hydroxyl groups is 1. The first kappa shape index (κ1) is 15.2. The SMILES string of the molecule is CC1CN(C(=O)Nc2cccnc2C(=O)O)CC(CO)O1. The zero-order chi connectivity index (χ0) is 15.4. The van der Waals surface area contributed by atoms with Gasteiger partial charge in [-0.15, -0.1) is 0 Å². The number of anilines is 1. The van der Waals surface area contributed by atoms with E-state index in [-0.39, 0.29) is 30.6 Å². The van der Waals surface area contributed by atoms with Gasteiger partial charge < -0.3 is 25.2 Å². The van der Waals surface area contributed by atoms with Gasteiger partial charge in [0.05, 0.1) is 31.0 Å². The second kappa shape index (κ2) is 6.51. The number of ether oxygens (including phenoxy) is 1. The van der Waals surface area contributed by atoms with Gasteiger partial charge in [-0.2, -0.15) is 0 Å². The minimum absolute atomic E-state index is 0.134. The summed E-state index contributed by atoms with van der Waals surface area (Å²) in [5.41, 5.74) is -0.0828. The summed E-state index contributed by atoms with van der Waals surface area (Å²) in [5.74, 6) is -1.21. The predicted octanol–water partition coefficient (Wildman–Crippen LogP) is 0.393. The Kier molecular flexibility index (Phi) is 4.71. The molecule has 3 N–H and O–H groups in total. The number of nitrogens with zero attached hydrogens (tertiary/aromatic N) is 2. The Balaban J connectivity index is 2.09. The maximum atomic E-state index is 12.2. The molecule has 21 heavy (non-hydrogen) atoms. The van der Waals surface area contributed by atoms with E-state index in [1.807, 2.05) is 0 Å². The summed E-state index contributed by atoms with van der Waals surface area (Å²) in [6.07, 6.45) is 0.708. The minimum Gasteiger partial charge on any atom is -0.476 e. The van der Waals surface area contributed by atoms with Crippen LogP contribution in [-0.4, -0.2) is 64.0 Å². The number of hydrogen-bond acceptors (Lipinski definition) is 5. The number of aromatic carboxylic acids is 1. The molecular formula is C13H17N3O5. The second-order valence-corrected chi connectivity index (χ2v) is 4.79. The molecule has 8 heteroatoms. The van der Waals surface area contributed by atoms with Crippen LogP contribution in [-0.2, 0) is 4.74 Å². The molecule has 2 amide bonds. The van der Waals surface area contributed by atoms with E-state index >= 15 is 0 Å². The molecule has 0 radical (unpaired) electrons. The van der Waals surface area contributed by atoms with Gasteiger partial charge in [-0.3, -0.25) is 0 Å². The average Bonchev–Trinajstić information content (AvgIpc) is 2.46. The van der Waals surface area contributed by atoms with Crippen molar-refractivity contribution >= 4 is 17.7 Å². The topological polar surface area (TPSA) is 112 Å². The molecule has 1 aliphatic heterocycles. The standard InChI is InChI=1S/C13H17N3O5/c1-8-5-16(6-9(7-17)21-8)13(20)15-10-3-2-4-14-11(10)12(18)19/h2-4,8-9,17H,5-7H2,1H3,(H,15,20)(H,18,19). The molecule has 1 saturated heterocycles. The van der Waals surface area contributed by atoms with Crippen LogP contribution in [0.2, 0.25) is 0 Å². The van der Waals surface area contributed by atoms with Gasteiger partial charge in [0.25, 0.3) is 0 Å². The summed E-state index contributed by atoms with van der Waals surface area (Å²) >= 11 is 0. The number of aliphatic hydroxyl groups excluding tert-OH is 1. The summed E-state index contributed by atoms with van der Waals surface area (Å²) < 4.78 is 5.45. The third-order valence-electron chi connectivity index (χ3n) is 3.07. The number of hydrogen-bond donors (Lipinski definition) is 3. The van der Waals surface area contributed by atoms with Crippen LogP contribution < -0.4 is 5.32 Å². The van der Waals surface area contributed by atoms with Crippen molar-refractivity contribution in [1.29, 1.82) is 0 Å². The number of carboxylic acids is 1. The Morgan fingerprint density at radius 1 is 1.52 bits per heavy atom. The largest absolute Gasteiger partial charge is 0.476 e. The van der Waals surface area contributed by atoms with Crippen molar-refractivity contribution in [3.63, 3.8) is 0 Å². The number of carboxylic acid groups (broad SMARTS) is 1. The lowest BCUT2D eigenvalue weighted by atomic mass is 10.2. The normalized spacial score (nSPS) is 21.9. The third-order valence-corrected chi connectivity index (χ3v) is 3.07. The second-order valence-electron chi connectivity index (χ2n) is 4.79. The van der Waals surface area contributed by atoms with Crippen molar-refractivity contribution in [2.75, 3.05) is 25.0 Å². The van der Waals surface area contributed by atoms with Gasteiger partial charge in [0.1, 0.15) is 0 Å². The summed E-state index contributed by atoms with van der Waals surface area (Å²) in [7, 11) is 0. The van der Waals surface area contributed by atoms with E-state index in [1.165, 1.54) is 17.2 Å². The van der Waals surface area contributed by atoms with Crippen molar-refractivity contribution in [3.8, 4) is 0 Å². The van der Waals surface area contributed by atoms with Gasteiger partial charge in [-0.1, -0.05) is 0 Å². The fraction of sp³-hybridized carbons (Fsp3) is 0.462. The molecular weight excluding hydrogens is 278 g/mol. The quantitative estimate of drug-likeness (QED) is 0.744. The fourth-order valence-corrected chi connectivity index (χ4v) is 2.18. The van der Waals surface area contributed by atoms with E-state index in [1.54, 1.807) is 13.0 Å². The van der Waals surface area contributed by atoms with Gasteiger partial charge >= 0.3 is 12.0 Å². The van der Waals surface area contributed by atoms with Crippen LogP contribution in [0.1, 0.15) is 17.4 Å². The highest BCUT2D eigenvalue weighted by molar-refractivity contribution is 5.98. The van der Waals surface area contributed by atoms with E-state index in [0.29, 0.717) is 6.54 Å². The lowest BCUT2D eigenvalue weighted by Crippen LogP contribution is -2.51. The Bertz CT molecular complexity index is 536. The molecule has 2 unspecified atom stereocenters. The van der Waals surface area contributed by atoms with E-state index in [0.717, 1.165) is 0 Å². The molecule has 0 spiro atoms. The predicted molar refractivity (Wildman–Crippen MR) is 73.2 cm³/mol. The molecule has 0 aliphatic carbocycles. The van der Waals surface area contributed by atoms with Crippen molar-refractivity contribution in [2.24, 2.45) is 0 Å². The Labute approximate surface area is 121 Å². The summed E-state index contributed by atoms with van der Waals surface area (Å²) in [6.45, 7) is 2.23. The Morgan fingerprint density at radius 2 is 2.29 bits per heavy atom. The van der Waals surface area contributed by atoms with Crippen molar-refractivity contribution < 1.29 is 24.5 Å². The average molecular weight is 295 g/mol. The van der Waals surface area contributed by atoms with Crippen molar-refractivity contribution in [2.45, 2.75) is 19.1 Å². The van der Waals surface area contributed by atoms with Gasteiger partial charge in [0.15, 0.2) is 5.69 Å². The molecule has 1 aromatic heterocycles. The summed E-state index contributed by atoms with van der Waals surface area (Å²) in [4.78, 5) is 28.5. The number of nitrogens with one attached hydrogen (secondary N) is 1. The van der Waals surface area contributed by atoms with Crippen LogP contribution >= 0.6 is 0 Å². The molecule has 114 valence electrons. The molecule has 2 rings (SSSR count). The number of amides is 2. The number of carbonyl (C=O) groups is 2. The Hall–Kier alpha value is -2.19. The first-order valence-electron chi connectivity index (χ1n) is 6.51. The first-order valence-corrected chi connectivity index (χ1v) is 6.51. The molecule has 2 heterocycles. The molecule has 1 fully saturated rings. The monoisotopic (exact) mass is 295 g/mol. The maximum absolute atomic E-state index is 12.2. The van der Waals surface area contributed by atoms with E-state index in [9.17, 15) is 9.59 Å². The number of pyridine rings is 1. The van der Waals surface area contributed by atoms with Crippen LogP contribution in [0.5, 0.6) is 0 Å². The Morgan fingerprint density at radius 3 is 2.95 bits per heavy atom. The van der Waals surface area contributed by atoms with Crippen LogP contribution in [0.15, 0.2) is 18.3 Å².